The molecule has 1 aliphatic heterocycles. The van der Waals surface area contributed by atoms with Crippen LogP contribution in [0.15, 0.2) is 29.3 Å². The van der Waals surface area contributed by atoms with Crippen molar-refractivity contribution in [2.75, 3.05) is 6.54 Å². The van der Waals surface area contributed by atoms with Gasteiger partial charge in [-0.1, -0.05) is 31.0 Å². The lowest BCUT2D eigenvalue weighted by atomic mass is 10.1. The highest BCUT2D eigenvalue weighted by atomic mass is 16.5. The molecule has 0 spiro atoms. The summed E-state index contributed by atoms with van der Waals surface area (Å²) in [6.07, 6.45) is 6.14. The lowest BCUT2D eigenvalue weighted by Crippen LogP contribution is -2.25. The Morgan fingerprint density at radius 2 is 2.06 bits per heavy atom. The van der Waals surface area contributed by atoms with Crippen molar-refractivity contribution in [3.05, 3.63) is 29.8 Å². The van der Waals surface area contributed by atoms with E-state index in [0.29, 0.717) is 12.5 Å². The van der Waals surface area contributed by atoms with Gasteiger partial charge in [0.15, 0.2) is 0 Å². The lowest BCUT2D eigenvalue weighted by molar-refractivity contribution is 0.241. The molecule has 3 heteroatoms. The van der Waals surface area contributed by atoms with Crippen LogP contribution in [-0.2, 0) is 6.42 Å². The van der Waals surface area contributed by atoms with Gasteiger partial charge < -0.3 is 10.5 Å². The van der Waals surface area contributed by atoms with Crippen LogP contribution in [0.2, 0.25) is 0 Å². The first kappa shape index (κ1) is 11.6. The van der Waals surface area contributed by atoms with E-state index in [9.17, 15) is 0 Å². The second-order valence-electron chi connectivity index (χ2n) is 5.30. The number of fused-ring (bicyclic) bond motifs is 1. The molecule has 0 saturated heterocycles. The quantitative estimate of drug-likeness (QED) is 0.656. The molecule has 1 heterocycles. The van der Waals surface area contributed by atoms with E-state index in [4.69, 9.17) is 10.5 Å². The smallest absolute Gasteiger partial charge is 0.123 e. The number of para-hydroxylation sites is 1. The zero-order valence-corrected chi connectivity index (χ0v) is 10.6. The Morgan fingerprint density at radius 1 is 1.28 bits per heavy atom. The summed E-state index contributed by atoms with van der Waals surface area (Å²) in [5.41, 5.74) is 7.35. The molecule has 18 heavy (non-hydrogen) atoms. The number of nitrogens with zero attached hydrogens (tertiary/aromatic N) is 1. The van der Waals surface area contributed by atoms with Crippen molar-refractivity contribution < 1.29 is 4.74 Å². The van der Waals surface area contributed by atoms with Crippen molar-refractivity contribution in [2.45, 2.75) is 38.2 Å². The summed E-state index contributed by atoms with van der Waals surface area (Å²) in [4.78, 5) is 4.54. The van der Waals surface area contributed by atoms with E-state index in [-0.39, 0.29) is 6.10 Å². The van der Waals surface area contributed by atoms with E-state index in [1.165, 1.54) is 31.2 Å². The molecular weight excluding hydrogens is 224 g/mol. The minimum absolute atomic E-state index is 0.169. The summed E-state index contributed by atoms with van der Waals surface area (Å²) in [5, 5.41) is 0. The first-order valence-electron chi connectivity index (χ1n) is 6.87. The van der Waals surface area contributed by atoms with Gasteiger partial charge in [0.25, 0.3) is 0 Å². The number of hydrogen-bond donors (Lipinski definition) is 1. The molecule has 2 N–H and O–H groups in total. The molecule has 0 aromatic heterocycles. The van der Waals surface area contributed by atoms with Gasteiger partial charge in [0.1, 0.15) is 11.9 Å². The van der Waals surface area contributed by atoms with Crippen LogP contribution in [0.3, 0.4) is 0 Å². The van der Waals surface area contributed by atoms with Crippen LogP contribution in [0, 0.1) is 5.92 Å². The molecule has 0 radical (unpaired) electrons. The molecule has 2 aliphatic rings. The largest absolute Gasteiger partial charge is 0.488 e. The van der Waals surface area contributed by atoms with Crippen molar-refractivity contribution in [2.24, 2.45) is 16.6 Å². The zero-order chi connectivity index (χ0) is 12.4. The Bertz CT molecular complexity index is 425. The normalized spacial score (nSPS) is 24.0. The van der Waals surface area contributed by atoms with Crippen LogP contribution in [0.5, 0.6) is 5.75 Å². The molecule has 1 fully saturated rings. The highest BCUT2D eigenvalue weighted by Crippen LogP contribution is 2.28. The van der Waals surface area contributed by atoms with Gasteiger partial charge in [0.2, 0.25) is 0 Å². The predicted molar refractivity (Wildman–Crippen MR) is 73.0 cm³/mol. The summed E-state index contributed by atoms with van der Waals surface area (Å²) >= 11 is 0. The Hall–Kier alpha value is -1.51. The van der Waals surface area contributed by atoms with E-state index in [2.05, 4.69) is 17.1 Å². The van der Waals surface area contributed by atoms with Crippen LogP contribution in [-0.4, -0.2) is 18.5 Å². The predicted octanol–water partition coefficient (Wildman–Crippen LogP) is 2.54. The SMILES string of the molecule is NC(=NCC1Cc2ccccc2O1)C1CCCC1. The molecule has 3 rings (SSSR count). The molecule has 1 aromatic rings. The number of ether oxygens (including phenoxy) is 1. The third-order valence-corrected chi connectivity index (χ3v) is 3.96. The van der Waals surface area contributed by atoms with Gasteiger partial charge in [-0.05, 0) is 24.5 Å². The second-order valence-corrected chi connectivity index (χ2v) is 5.30. The van der Waals surface area contributed by atoms with E-state index < -0.39 is 0 Å². The monoisotopic (exact) mass is 244 g/mol. The maximum Gasteiger partial charge on any atom is 0.123 e. The minimum atomic E-state index is 0.169. The second kappa shape index (κ2) is 5.01. The molecule has 1 aromatic carbocycles. The van der Waals surface area contributed by atoms with Gasteiger partial charge in [-0.25, -0.2) is 0 Å². The van der Waals surface area contributed by atoms with Crippen LogP contribution in [0.1, 0.15) is 31.2 Å². The number of amidine groups is 1. The Balaban J connectivity index is 1.57. The van der Waals surface area contributed by atoms with Gasteiger partial charge >= 0.3 is 0 Å². The number of hydrogen-bond acceptors (Lipinski definition) is 2. The van der Waals surface area contributed by atoms with E-state index >= 15 is 0 Å². The third kappa shape index (κ3) is 2.35. The lowest BCUT2D eigenvalue weighted by Gasteiger charge is -2.11. The fourth-order valence-electron chi connectivity index (χ4n) is 2.91. The fraction of sp³-hybridized carbons (Fsp3) is 0.533. The van der Waals surface area contributed by atoms with Gasteiger partial charge in [-0.2, -0.15) is 0 Å². The van der Waals surface area contributed by atoms with Crippen molar-refractivity contribution in [1.82, 2.24) is 0 Å². The van der Waals surface area contributed by atoms with Crippen LogP contribution in [0.4, 0.5) is 0 Å². The number of aliphatic imine (C=N–C) groups is 1. The van der Waals surface area contributed by atoms with E-state index in [1.54, 1.807) is 0 Å². The molecule has 1 unspecified atom stereocenters. The maximum absolute atomic E-state index is 6.06. The van der Waals surface area contributed by atoms with Crippen LogP contribution in [0.25, 0.3) is 0 Å². The summed E-state index contributed by atoms with van der Waals surface area (Å²) in [7, 11) is 0. The highest BCUT2D eigenvalue weighted by Gasteiger charge is 2.23. The molecule has 0 bridgehead atoms. The first-order chi connectivity index (χ1) is 8.83. The summed E-state index contributed by atoms with van der Waals surface area (Å²) in [6, 6.07) is 8.22. The summed E-state index contributed by atoms with van der Waals surface area (Å²) in [5.74, 6) is 2.37. The van der Waals surface area contributed by atoms with Crippen molar-refractivity contribution in [3.63, 3.8) is 0 Å². The average Bonchev–Trinajstić information content (AvgIpc) is 3.04. The Labute approximate surface area is 108 Å². The standard InChI is InChI=1S/C15H20N2O/c16-15(11-5-1-2-6-11)17-10-13-9-12-7-3-4-8-14(12)18-13/h3-4,7-8,11,13H,1-2,5-6,9-10H2,(H2,16,17). The first-order valence-corrected chi connectivity index (χ1v) is 6.87. The van der Waals surface area contributed by atoms with Gasteiger partial charge in [0.05, 0.1) is 12.4 Å². The van der Waals surface area contributed by atoms with Gasteiger partial charge in [0, 0.05) is 12.3 Å². The fourth-order valence-corrected chi connectivity index (χ4v) is 2.91. The molecular formula is C15H20N2O. The van der Waals surface area contributed by atoms with Crippen molar-refractivity contribution in [3.8, 4) is 5.75 Å². The zero-order valence-electron chi connectivity index (χ0n) is 10.6. The number of nitrogens with two attached hydrogens (primary N) is 1. The summed E-state index contributed by atoms with van der Waals surface area (Å²) < 4.78 is 5.86. The van der Waals surface area contributed by atoms with Gasteiger partial charge in [-0.15, -0.1) is 0 Å². The van der Waals surface area contributed by atoms with Crippen LogP contribution < -0.4 is 10.5 Å². The Morgan fingerprint density at radius 3 is 2.83 bits per heavy atom. The van der Waals surface area contributed by atoms with E-state index in [0.717, 1.165) is 18.0 Å². The molecule has 96 valence electrons. The van der Waals surface area contributed by atoms with Crippen molar-refractivity contribution in [1.29, 1.82) is 0 Å². The van der Waals surface area contributed by atoms with Crippen LogP contribution >= 0.6 is 0 Å². The molecule has 3 nitrogen and oxygen atoms in total. The highest BCUT2D eigenvalue weighted by molar-refractivity contribution is 5.83. The number of rotatable bonds is 3. The molecule has 1 aliphatic carbocycles. The maximum atomic E-state index is 6.06. The average molecular weight is 244 g/mol. The molecule has 1 atom stereocenters. The molecule has 0 amide bonds. The van der Waals surface area contributed by atoms with Crippen molar-refractivity contribution >= 4 is 5.84 Å². The topological polar surface area (TPSA) is 47.6 Å². The number of benzene rings is 1. The summed E-state index contributed by atoms with van der Waals surface area (Å²) in [6.45, 7) is 0.691. The Kier molecular flexibility index (Phi) is 3.22. The van der Waals surface area contributed by atoms with E-state index in [1.807, 2.05) is 12.1 Å². The molecule has 1 saturated carbocycles. The minimum Gasteiger partial charge on any atom is -0.488 e. The van der Waals surface area contributed by atoms with Gasteiger partial charge in [-0.3, -0.25) is 4.99 Å². The third-order valence-electron chi connectivity index (χ3n) is 3.96.